The van der Waals surface area contributed by atoms with Crippen LogP contribution in [-0.4, -0.2) is 9.97 Å². The van der Waals surface area contributed by atoms with E-state index in [1.807, 2.05) is 12.1 Å². The monoisotopic (exact) mass is 177 g/mol. The minimum Gasteiger partial charge on any atom is -0.359 e. The van der Waals surface area contributed by atoms with Crippen LogP contribution in [0, 0.1) is 11.3 Å². The van der Waals surface area contributed by atoms with Crippen LogP contribution in [0.4, 0.5) is 0 Å². The van der Waals surface area contributed by atoms with Crippen LogP contribution in [0.25, 0.3) is 10.9 Å². The topological polar surface area (TPSA) is 52.5 Å². The maximum Gasteiger partial charge on any atom is 0.154 e. The second-order valence-corrected chi connectivity index (χ2v) is 2.71. The fourth-order valence-electron chi connectivity index (χ4n) is 1.08. The quantitative estimate of drug-likeness (QED) is 0.627. The minimum atomic E-state index is 0.340. The maximum atomic E-state index is 8.58. The van der Waals surface area contributed by atoms with Gasteiger partial charge in [-0.3, -0.25) is 0 Å². The summed E-state index contributed by atoms with van der Waals surface area (Å²) in [5.41, 5.74) is 1.11. The lowest BCUT2D eigenvalue weighted by atomic mass is 10.3. The van der Waals surface area contributed by atoms with Crippen LogP contribution in [0.3, 0.4) is 0 Å². The van der Waals surface area contributed by atoms with E-state index in [9.17, 15) is 0 Å². The molecule has 0 aliphatic carbocycles. The zero-order valence-electron chi connectivity index (χ0n) is 6.00. The fraction of sp³-hybridized carbons (Fsp3) is 0. The Hall–Kier alpha value is -1.53. The van der Waals surface area contributed by atoms with Gasteiger partial charge in [-0.1, -0.05) is 11.6 Å². The van der Waals surface area contributed by atoms with Crippen molar-refractivity contribution in [2.75, 3.05) is 0 Å². The summed E-state index contributed by atoms with van der Waals surface area (Å²) in [4.78, 5) is 6.80. The number of nitrogens with zero attached hydrogens (tertiary/aromatic N) is 2. The number of aromatic nitrogens is 2. The van der Waals surface area contributed by atoms with Crippen molar-refractivity contribution in [3.63, 3.8) is 0 Å². The van der Waals surface area contributed by atoms with Crippen molar-refractivity contribution in [1.29, 1.82) is 5.26 Å². The van der Waals surface area contributed by atoms with E-state index in [0.717, 1.165) is 10.9 Å². The molecule has 0 aliphatic heterocycles. The number of pyridine rings is 1. The molecule has 0 atom stereocenters. The minimum absolute atomic E-state index is 0.340. The first-order valence-electron chi connectivity index (χ1n) is 3.35. The molecule has 0 aliphatic rings. The maximum absolute atomic E-state index is 8.58. The van der Waals surface area contributed by atoms with Crippen LogP contribution < -0.4 is 0 Å². The molecule has 0 aromatic carbocycles. The third-order valence-electron chi connectivity index (χ3n) is 1.61. The first-order valence-corrected chi connectivity index (χ1v) is 3.73. The van der Waals surface area contributed by atoms with E-state index in [1.54, 1.807) is 12.3 Å². The Morgan fingerprint density at radius 1 is 1.58 bits per heavy atom. The molecule has 0 spiro atoms. The Morgan fingerprint density at radius 3 is 3.17 bits per heavy atom. The van der Waals surface area contributed by atoms with Gasteiger partial charge in [-0.25, -0.2) is 4.98 Å². The zero-order chi connectivity index (χ0) is 8.55. The van der Waals surface area contributed by atoms with E-state index in [1.165, 1.54) is 0 Å². The van der Waals surface area contributed by atoms with Gasteiger partial charge in [0.25, 0.3) is 0 Å². The average Bonchev–Trinajstić information content (AvgIpc) is 2.52. The summed E-state index contributed by atoms with van der Waals surface area (Å²) < 4.78 is 0. The number of fused-ring (bicyclic) bond motifs is 1. The van der Waals surface area contributed by atoms with Crippen molar-refractivity contribution in [3.8, 4) is 6.07 Å². The molecule has 2 aromatic heterocycles. The first kappa shape index (κ1) is 7.14. The number of H-pyrrole nitrogens is 1. The molecule has 1 N–H and O–H groups in total. The van der Waals surface area contributed by atoms with E-state index >= 15 is 0 Å². The molecule has 4 heteroatoms. The van der Waals surface area contributed by atoms with E-state index in [-0.39, 0.29) is 0 Å². The lowest BCUT2D eigenvalue weighted by Gasteiger charge is -1.93. The van der Waals surface area contributed by atoms with Gasteiger partial charge in [-0.15, -0.1) is 0 Å². The Balaban J connectivity index is 2.86. The molecule has 0 bridgehead atoms. The standard InChI is InChI=1S/C8H4ClN3/c9-8-7-5(1-2-11-7)3-6(4-10)12-8/h1-3,11H. The van der Waals surface area contributed by atoms with E-state index in [4.69, 9.17) is 16.9 Å². The number of nitrogens with one attached hydrogen (secondary N) is 1. The molecule has 0 unspecified atom stereocenters. The van der Waals surface area contributed by atoms with Gasteiger partial charge in [-0.2, -0.15) is 5.26 Å². The van der Waals surface area contributed by atoms with Crippen molar-refractivity contribution in [2.45, 2.75) is 0 Å². The highest BCUT2D eigenvalue weighted by Gasteiger charge is 2.03. The summed E-state index contributed by atoms with van der Waals surface area (Å²) in [6.45, 7) is 0. The van der Waals surface area contributed by atoms with Crippen molar-refractivity contribution in [2.24, 2.45) is 0 Å². The lowest BCUT2D eigenvalue weighted by Crippen LogP contribution is -1.83. The molecule has 2 aromatic rings. The van der Waals surface area contributed by atoms with E-state index < -0.39 is 0 Å². The summed E-state index contributed by atoms with van der Waals surface area (Å²) in [5.74, 6) is 0. The van der Waals surface area contributed by atoms with Gasteiger partial charge in [0.05, 0.1) is 5.52 Å². The molecular formula is C8H4ClN3. The Morgan fingerprint density at radius 2 is 2.42 bits per heavy atom. The second-order valence-electron chi connectivity index (χ2n) is 2.35. The summed E-state index contributed by atoms with van der Waals surface area (Å²) in [6, 6.07) is 5.48. The van der Waals surface area contributed by atoms with Crippen molar-refractivity contribution < 1.29 is 0 Å². The molecule has 2 rings (SSSR count). The zero-order valence-corrected chi connectivity index (χ0v) is 6.76. The number of nitriles is 1. The summed E-state index contributed by atoms with van der Waals surface area (Å²) in [5, 5.41) is 9.83. The van der Waals surface area contributed by atoms with Crippen molar-refractivity contribution in [1.82, 2.24) is 9.97 Å². The molecule has 0 saturated heterocycles. The van der Waals surface area contributed by atoms with Crippen molar-refractivity contribution >= 4 is 22.5 Å². The van der Waals surface area contributed by atoms with Gasteiger partial charge in [0, 0.05) is 11.6 Å². The van der Waals surface area contributed by atoms with Gasteiger partial charge in [-0.05, 0) is 12.1 Å². The van der Waals surface area contributed by atoms with Gasteiger partial charge in [0.15, 0.2) is 5.15 Å². The third kappa shape index (κ3) is 0.936. The van der Waals surface area contributed by atoms with Gasteiger partial charge < -0.3 is 4.98 Å². The number of aromatic amines is 1. The fourth-order valence-corrected chi connectivity index (χ4v) is 1.33. The summed E-state index contributed by atoms with van der Waals surface area (Å²) >= 11 is 5.79. The molecule has 58 valence electrons. The number of hydrogen-bond donors (Lipinski definition) is 1. The smallest absolute Gasteiger partial charge is 0.154 e. The summed E-state index contributed by atoms with van der Waals surface area (Å²) in [7, 11) is 0. The van der Waals surface area contributed by atoms with Crippen molar-refractivity contribution in [3.05, 3.63) is 29.2 Å². The molecule has 3 nitrogen and oxygen atoms in total. The normalized spacial score (nSPS) is 10.0. The Bertz CT molecular complexity index is 467. The Labute approximate surface area is 73.6 Å². The van der Waals surface area contributed by atoms with Crippen LogP contribution in [-0.2, 0) is 0 Å². The van der Waals surface area contributed by atoms with Gasteiger partial charge in [0.1, 0.15) is 11.8 Å². The predicted octanol–water partition coefficient (Wildman–Crippen LogP) is 2.09. The van der Waals surface area contributed by atoms with E-state index in [0.29, 0.717) is 10.8 Å². The van der Waals surface area contributed by atoms with Gasteiger partial charge in [0.2, 0.25) is 0 Å². The molecule has 0 fully saturated rings. The van der Waals surface area contributed by atoms with Crippen LogP contribution in [0.5, 0.6) is 0 Å². The van der Waals surface area contributed by atoms with Gasteiger partial charge >= 0.3 is 0 Å². The molecule has 0 amide bonds. The number of hydrogen-bond acceptors (Lipinski definition) is 2. The average molecular weight is 178 g/mol. The highest BCUT2D eigenvalue weighted by atomic mass is 35.5. The molecule has 0 radical (unpaired) electrons. The number of rotatable bonds is 0. The van der Waals surface area contributed by atoms with Crippen LogP contribution >= 0.6 is 11.6 Å². The Kier molecular flexibility index (Phi) is 1.49. The SMILES string of the molecule is N#Cc1cc2cc[nH]c2c(Cl)n1. The highest BCUT2D eigenvalue weighted by Crippen LogP contribution is 2.20. The molecular weight excluding hydrogens is 174 g/mol. The van der Waals surface area contributed by atoms with Crippen LogP contribution in [0.15, 0.2) is 18.3 Å². The van der Waals surface area contributed by atoms with E-state index in [2.05, 4.69) is 9.97 Å². The van der Waals surface area contributed by atoms with Crippen LogP contribution in [0.1, 0.15) is 5.69 Å². The van der Waals surface area contributed by atoms with Crippen LogP contribution in [0.2, 0.25) is 5.15 Å². The first-order chi connectivity index (χ1) is 5.81. The predicted molar refractivity (Wildman–Crippen MR) is 45.8 cm³/mol. The largest absolute Gasteiger partial charge is 0.359 e. The molecule has 2 heterocycles. The second kappa shape index (κ2) is 2.50. The molecule has 0 saturated carbocycles. The third-order valence-corrected chi connectivity index (χ3v) is 1.88. The highest BCUT2D eigenvalue weighted by molar-refractivity contribution is 6.33. The molecule has 12 heavy (non-hydrogen) atoms. The number of halogens is 1. The summed E-state index contributed by atoms with van der Waals surface area (Å²) in [6.07, 6.45) is 1.76. The lowest BCUT2D eigenvalue weighted by molar-refractivity contribution is 1.28.